The Labute approximate surface area is 161 Å². The van der Waals surface area contributed by atoms with Crippen molar-refractivity contribution in [1.82, 2.24) is 29.7 Å². The van der Waals surface area contributed by atoms with Crippen LogP contribution in [0.2, 0.25) is 5.15 Å². The molecule has 2 N–H and O–H groups in total. The molecule has 2 amide bonds. The number of aromatic nitrogens is 5. The lowest BCUT2D eigenvalue weighted by Crippen LogP contribution is -2.50. The summed E-state index contributed by atoms with van der Waals surface area (Å²) in [6, 6.07) is -0.00920. The van der Waals surface area contributed by atoms with Crippen molar-refractivity contribution in [3.63, 3.8) is 0 Å². The van der Waals surface area contributed by atoms with Gasteiger partial charge in [-0.2, -0.15) is 5.10 Å². The van der Waals surface area contributed by atoms with E-state index < -0.39 is 5.91 Å². The smallest absolute Gasteiger partial charge is 0.270 e. The van der Waals surface area contributed by atoms with E-state index in [4.69, 9.17) is 17.3 Å². The van der Waals surface area contributed by atoms with Crippen LogP contribution in [0.5, 0.6) is 0 Å². The third-order valence-electron chi connectivity index (χ3n) is 4.54. The third-order valence-corrected chi connectivity index (χ3v) is 4.93. The van der Waals surface area contributed by atoms with Crippen molar-refractivity contribution in [3.05, 3.63) is 34.4 Å². The molecule has 2 aromatic heterocycles. The van der Waals surface area contributed by atoms with Gasteiger partial charge >= 0.3 is 0 Å². The van der Waals surface area contributed by atoms with E-state index in [0.717, 1.165) is 30.6 Å². The fraction of sp³-hybridized carbons (Fsp3) is 0.471. The van der Waals surface area contributed by atoms with Gasteiger partial charge in [0.25, 0.3) is 5.91 Å². The number of amides is 2. The number of carbonyl (C=O) groups is 2. The summed E-state index contributed by atoms with van der Waals surface area (Å²) in [4.78, 5) is 25.1. The number of unbranched alkanes of at least 4 members (excludes halogenated alkanes) is 1. The molecule has 3 rings (SSSR count). The van der Waals surface area contributed by atoms with Crippen LogP contribution in [0.1, 0.15) is 47.6 Å². The fourth-order valence-corrected chi connectivity index (χ4v) is 3.17. The normalized spacial score (nSPS) is 14.7. The molecule has 10 heteroatoms. The second kappa shape index (κ2) is 7.91. The minimum Gasteiger partial charge on any atom is -0.364 e. The number of hydrogen-bond acceptors (Lipinski definition) is 5. The molecule has 1 aliphatic heterocycles. The minimum absolute atomic E-state index is 0.00920. The zero-order valence-electron chi connectivity index (χ0n) is 15.3. The van der Waals surface area contributed by atoms with Gasteiger partial charge in [0.1, 0.15) is 5.15 Å². The van der Waals surface area contributed by atoms with E-state index in [1.807, 2.05) is 6.92 Å². The van der Waals surface area contributed by atoms with Crippen LogP contribution in [0.4, 0.5) is 0 Å². The van der Waals surface area contributed by atoms with Crippen LogP contribution in [0.15, 0.2) is 12.3 Å². The summed E-state index contributed by atoms with van der Waals surface area (Å²) < 4.78 is 3.33. The molecule has 1 aliphatic rings. The highest BCUT2D eigenvalue weighted by atomic mass is 35.5. The Morgan fingerprint density at radius 1 is 1.41 bits per heavy atom. The first kappa shape index (κ1) is 19.1. The predicted molar refractivity (Wildman–Crippen MR) is 100 cm³/mol. The van der Waals surface area contributed by atoms with Crippen LogP contribution in [0, 0.1) is 6.92 Å². The predicted octanol–water partition coefficient (Wildman–Crippen LogP) is 1.43. The Bertz CT molecular complexity index is 880. The number of nitrogens with zero attached hydrogens (tertiary/aromatic N) is 6. The highest BCUT2D eigenvalue weighted by Gasteiger charge is 2.32. The first-order valence-electron chi connectivity index (χ1n) is 8.82. The molecule has 0 spiro atoms. The first-order chi connectivity index (χ1) is 12.9. The van der Waals surface area contributed by atoms with Gasteiger partial charge in [-0.05, 0) is 19.4 Å². The van der Waals surface area contributed by atoms with Gasteiger partial charge in [0.2, 0.25) is 5.91 Å². The molecule has 0 atom stereocenters. The van der Waals surface area contributed by atoms with Crippen molar-refractivity contribution < 1.29 is 9.59 Å². The Balaban J connectivity index is 1.58. The molecule has 0 bridgehead atoms. The van der Waals surface area contributed by atoms with Crippen LogP contribution in [0.25, 0.3) is 6.08 Å². The summed E-state index contributed by atoms with van der Waals surface area (Å²) >= 11 is 6.38. The third kappa shape index (κ3) is 4.02. The Morgan fingerprint density at radius 3 is 2.78 bits per heavy atom. The molecular weight excluding hydrogens is 370 g/mol. The van der Waals surface area contributed by atoms with E-state index in [1.54, 1.807) is 20.3 Å². The van der Waals surface area contributed by atoms with Gasteiger partial charge in [0.15, 0.2) is 5.69 Å². The second-order valence-electron chi connectivity index (χ2n) is 6.55. The van der Waals surface area contributed by atoms with E-state index >= 15 is 0 Å². The average molecular weight is 392 g/mol. The van der Waals surface area contributed by atoms with Crippen molar-refractivity contribution in [3.8, 4) is 0 Å². The molecule has 3 heterocycles. The highest BCUT2D eigenvalue weighted by molar-refractivity contribution is 6.31. The number of aryl methyl sites for hydroxylation is 2. The molecule has 0 unspecified atom stereocenters. The van der Waals surface area contributed by atoms with E-state index in [9.17, 15) is 9.59 Å². The van der Waals surface area contributed by atoms with Crippen molar-refractivity contribution in [2.45, 2.75) is 39.3 Å². The zero-order chi connectivity index (χ0) is 19.6. The maximum absolute atomic E-state index is 12.3. The Hall–Kier alpha value is -2.68. The number of halogens is 1. The number of carbonyl (C=O) groups excluding carboxylic acids is 2. The van der Waals surface area contributed by atoms with E-state index in [1.165, 1.54) is 12.3 Å². The topological polar surface area (TPSA) is 112 Å². The largest absolute Gasteiger partial charge is 0.364 e. The van der Waals surface area contributed by atoms with E-state index in [2.05, 4.69) is 22.3 Å². The summed E-state index contributed by atoms with van der Waals surface area (Å²) in [6.07, 6.45) is 6.77. The molecule has 2 aromatic rings. The van der Waals surface area contributed by atoms with Gasteiger partial charge in [-0.1, -0.05) is 30.2 Å². The van der Waals surface area contributed by atoms with Crippen LogP contribution < -0.4 is 5.73 Å². The summed E-state index contributed by atoms with van der Waals surface area (Å²) in [7, 11) is 0. The summed E-state index contributed by atoms with van der Waals surface area (Å²) in [5, 5.41) is 12.6. The lowest BCUT2D eigenvalue weighted by Gasteiger charge is -2.38. The molecule has 1 saturated heterocycles. The molecule has 144 valence electrons. The lowest BCUT2D eigenvalue weighted by atomic mass is 10.1. The molecule has 0 radical (unpaired) electrons. The van der Waals surface area contributed by atoms with Crippen molar-refractivity contribution in [2.75, 3.05) is 13.1 Å². The number of rotatable bonds is 7. The number of primary amides is 1. The van der Waals surface area contributed by atoms with Gasteiger partial charge in [0, 0.05) is 31.3 Å². The van der Waals surface area contributed by atoms with Gasteiger partial charge in [-0.15, -0.1) is 5.10 Å². The van der Waals surface area contributed by atoms with Crippen LogP contribution in [0.3, 0.4) is 0 Å². The van der Waals surface area contributed by atoms with Crippen LogP contribution >= 0.6 is 11.6 Å². The van der Waals surface area contributed by atoms with Crippen molar-refractivity contribution in [2.24, 2.45) is 5.73 Å². The number of hydrogen-bond donors (Lipinski definition) is 1. The minimum atomic E-state index is -0.622. The fourth-order valence-electron chi connectivity index (χ4n) is 2.84. The molecule has 0 saturated carbocycles. The molecule has 0 aromatic carbocycles. The number of likely N-dealkylation sites (tertiary alicyclic amines) is 1. The average Bonchev–Trinajstić information content (AvgIpc) is 3.16. The molecule has 0 aliphatic carbocycles. The monoisotopic (exact) mass is 391 g/mol. The zero-order valence-corrected chi connectivity index (χ0v) is 16.1. The molecule has 1 fully saturated rings. The summed E-state index contributed by atoms with van der Waals surface area (Å²) in [6.45, 7) is 5.73. The maximum atomic E-state index is 12.3. The van der Waals surface area contributed by atoms with Gasteiger partial charge in [-0.25, -0.2) is 4.68 Å². The second-order valence-corrected chi connectivity index (χ2v) is 6.90. The lowest BCUT2D eigenvalue weighted by molar-refractivity contribution is -0.131. The first-order valence-corrected chi connectivity index (χ1v) is 9.20. The molecule has 9 nitrogen and oxygen atoms in total. The quantitative estimate of drug-likeness (QED) is 0.717. The Kier molecular flexibility index (Phi) is 5.59. The number of nitrogens with two attached hydrogens (primary N) is 1. The summed E-state index contributed by atoms with van der Waals surface area (Å²) in [5.74, 6) is -0.735. The maximum Gasteiger partial charge on any atom is 0.270 e. The Morgan fingerprint density at radius 2 is 2.15 bits per heavy atom. The van der Waals surface area contributed by atoms with Gasteiger partial charge < -0.3 is 10.6 Å². The standard InChI is InChI=1S/C17H22ClN7O2/c1-3-4-7-24-16(18)13(11(2)21-24)5-6-15(26)23-8-12(9-23)25-10-14(17(19)27)20-22-25/h5-6,10,12H,3-4,7-9H2,1-2H3,(H2,19,27). The van der Waals surface area contributed by atoms with Crippen molar-refractivity contribution >= 4 is 29.5 Å². The van der Waals surface area contributed by atoms with Crippen molar-refractivity contribution in [1.29, 1.82) is 0 Å². The van der Waals surface area contributed by atoms with Gasteiger partial charge in [-0.3, -0.25) is 14.3 Å². The van der Waals surface area contributed by atoms with Crippen LogP contribution in [-0.2, 0) is 11.3 Å². The van der Waals surface area contributed by atoms with E-state index in [0.29, 0.717) is 18.2 Å². The SMILES string of the molecule is CCCCn1nc(C)c(C=CC(=O)N2CC(n3cc(C(N)=O)nn3)C2)c1Cl. The summed E-state index contributed by atoms with van der Waals surface area (Å²) in [5.41, 5.74) is 6.84. The van der Waals surface area contributed by atoms with Gasteiger partial charge in [0.05, 0.1) is 17.9 Å². The van der Waals surface area contributed by atoms with Crippen LogP contribution in [-0.4, -0.2) is 54.6 Å². The molecule has 27 heavy (non-hydrogen) atoms. The highest BCUT2D eigenvalue weighted by Crippen LogP contribution is 2.24. The van der Waals surface area contributed by atoms with E-state index in [-0.39, 0.29) is 17.6 Å². The molecular formula is C17H22ClN7O2.